The number of nitrogens with two attached hydrogens (primary N) is 1. The summed E-state index contributed by atoms with van der Waals surface area (Å²) in [6.45, 7) is 3.14. The minimum Gasteiger partial charge on any atom is -0.490 e. The molecule has 0 unspecified atom stereocenters. The minimum absolute atomic E-state index is 0.532. The molecule has 0 saturated carbocycles. The fourth-order valence-electron chi connectivity index (χ4n) is 1.43. The van der Waals surface area contributed by atoms with Gasteiger partial charge in [-0.3, -0.25) is 0 Å². The average molecular weight is 206 g/mol. The van der Waals surface area contributed by atoms with Crippen molar-refractivity contribution in [3.63, 3.8) is 0 Å². The van der Waals surface area contributed by atoms with Crippen LogP contribution in [-0.2, 0) is 0 Å². The molecule has 2 rings (SSSR count). The molecule has 4 heteroatoms. The van der Waals surface area contributed by atoms with Crippen LogP contribution >= 0.6 is 0 Å². The summed E-state index contributed by atoms with van der Waals surface area (Å²) in [7, 11) is 0. The van der Waals surface area contributed by atoms with E-state index in [1.807, 2.05) is 18.2 Å². The third-order valence-electron chi connectivity index (χ3n) is 2.04. The van der Waals surface area contributed by atoms with Gasteiger partial charge in [0.1, 0.15) is 0 Å². The maximum Gasteiger partial charge on any atom is 0.163 e. The first-order valence-electron chi connectivity index (χ1n) is 4.96. The Hall–Kier alpha value is -1.71. The Balaban J connectivity index is 2.32. The number of hydrogen-bond acceptors (Lipinski definition) is 3. The van der Waals surface area contributed by atoms with Gasteiger partial charge >= 0.3 is 0 Å². The lowest BCUT2D eigenvalue weighted by Gasteiger charge is -2.07. The van der Waals surface area contributed by atoms with Crippen molar-refractivity contribution in [3.8, 4) is 11.5 Å². The highest BCUT2D eigenvalue weighted by atomic mass is 16.5. The van der Waals surface area contributed by atoms with E-state index in [0.717, 1.165) is 23.6 Å². The predicted octanol–water partition coefficient (Wildman–Crippen LogP) is 1.86. The van der Waals surface area contributed by atoms with Crippen LogP contribution < -0.4 is 15.2 Å². The van der Waals surface area contributed by atoms with Crippen LogP contribution in [0.3, 0.4) is 0 Å². The minimum atomic E-state index is 0.532. The number of aliphatic imine (C=N–C) groups is 1. The van der Waals surface area contributed by atoms with Gasteiger partial charge in [-0.15, -0.1) is 0 Å². The summed E-state index contributed by atoms with van der Waals surface area (Å²) in [6, 6.07) is 5.57. The molecular formula is C11H14N2O2. The molecule has 1 heterocycles. The molecule has 0 saturated heterocycles. The zero-order valence-corrected chi connectivity index (χ0v) is 8.69. The fraction of sp³-hybridized carbons (Fsp3) is 0.364. The van der Waals surface area contributed by atoms with Crippen molar-refractivity contribution in [2.75, 3.05) is 13.2 Å². The Morgan fingerprint density at radius 2 is 2.00 bits per heavy atom. The van der Waals surface area contributed by atoms with Crippen LogP contribution in [0.1, 0.15) is 13.3 Å². The van der Waals surface area contributed by atoms with Gasteiger partial charge in [0.2, 0.25) is 0 Å². The molecular weight excluding hydrogens is 192 g/mol. The SMILES string of the molecule is CC(N)=Nc1ccc2c(c1)OCCCO2. The predicted molar refractivity (Wildman–Crippen MR) is 59.0 cm³/mol. The Bertz CT molecular complexity index is 384. The number of fused-ring (bicyclic) bond motifs is 1. The second-order valence-electron chi connectivity index (χ2n) is 3.43. The topological polar surface area (TPSA) is 56.8 Å². The van der Waals surface area contributed by atoms with Gasteiger partial charge in [0.15, 0.2) is 11.5 Å². The monoisotopic (exact) mass is 206 g/mol. The lowest BCUT2D eigenvalue weighted by molar-refractivity contribution is 0.297. The van der Waals surface area contributed by atoms with E-state index >= 15 is 0 Å². The van der Waals surface area contributed by atoms with Gasteiger partial charge in [-0.2, -0.15) is 0 Å². The van der Waals surface area contributed by atoms with Gasteiger partial charge in [0.25, 0.3) is 0 Å². The highest BCUT2D eigenvalue weighted by Gasteiger charge is 2.09. The number of nitrogens with zero attached hydrogens (tertiary/aromatic N) is 1. The molecule has 1 aromatic carbocycles. The lowest BCUT2D eigenvalue weighted by Crippen LogP contribution is -2.03. The van der Waals surface area contributed by atoms with Gasteiger partial charge in [-0.05, 0) is 19.1 Å². The molecule has 0 bridgehead atoms. The molecule has 0 aliphatic carbocycles. The molecule has 2 N–H and O–H groups in total. The maximum absolute atomic E-state index is 5.54. The quantitative estimate of drug-likeness (QED) is 0.563. The van der Waals surface area contributed by atoms with E-state index in [1.54, 1.807) is 6.92 Å². The molecule has 15 heavy (non-hydrogen) atoms. The lowest BCUT2D eigenvalue weighted by atomic mass is 10.3. The summed E-state index contributed by atoms with van der Waals surface area (Å²) in [6.07, 6.45) is 0.906. The van der Waals surface area contributed by atoms with E-state index in [-0.39, 0.29) is 0 Å². The van der Waals surface area contributed by atoms with Gasteiger partial charge in [0, 0.05) is 12.5 Å². The second kappa shape index (κ2) is 4.21. The summed E-state index contributed by atoms with van der Waals surface area (Å²) in [5.41, 5.74) is 6.30. The molecule has 0 amide bonds. The second-order valence-corrected chi connectivity index (χ2v) is 3.43. The molecule has 1 aromatic rings. The largest absolute Gasteiger partial charge is 0.490 e. The number of amidine groups is 1. The van der Waals surface area contributed by atoms with Crippen molar-refractivity contribution in [1.82, 2.24) is 0 Å². The fourth-order valence-corrected chi connectivity index (χ4v) is 1.43. The molecule has 0 radical (unpaired) electrons. The van der Waals surface area contributed by atoms with Gasteiger partial charge in [0.05, 0.1) is 24.7 Å². The van der Waals surface area contributed by atoms with Crippen LogP contribution in [-0.4, -0.2) is 19.0 Å². The van der Waals surface area contributed by atoms with Crippen LogP contribution in [0.25, 0.3) is 0 Å². The first-order chi connectivity index (χ1) is 7.25. The third kappa shape index (κ3) is 2.40. The molecule has 0 spiro atoms. The number of benzene rings is 1. The van der Waals surface area contributed by atoms with Gasteiger partial charge in [-0.1, -0.05) is 0 Å². The highest BCUT2D eigenvalue weighted by molar-refractivity contribution is 5.80. The van der Waals surface area contributed by atoms with Crippen molar-refractivity contribution in [2.24, 2.45) is 10.7 Å². The summed E-state index contributed by atoms with van der Waals surface area (Å²) in [5.74, 6) is 2.06. The summed E-state index contributed by atoms with van der Waals surface area (Å²) in [4.78, 5) is 4.16. The molecule has 80 valence electrons. The Morgan fingerprint density at radius 3 is 2.73 bits per heavy atom. The van der Waals surface area contributed by atoms with Gasteiger partial charge in [-0.25, -0.2) is 4.99 Å². The zero-order valence-electron chi connectivity index (χ0n) is 8.69. The van der Waals surface area contributed by atoms with E-state index in [2.05, 4.69) is 4.99 Å². The first kappa shape index (κ1) is 9.83. The van der Waals surface area contributed by atoms with Gasteiger partial charge < -0.3 is 15.2 Å². The molecule has 0 fully saturated rings. The first-order valence-corrected chi connectivity index (χ1v) is 4.96. The van der Waals surface area contributed by atoms with E-state index in [4.69, 9.17) is 15.2 Å². The van der Waals surface area contributed by atoms with Crippen LogP contribution in [0.4, 0.5) is 5.69 Å². The van der Waals surface area contributed by atoms with Crippen LogP contribution in [0.5, 0.6) is 11.5 Å². The number of ether oxygens (including phenoxy) is 2. The summed E-state index contributed by atoms with van der Waals surface area (Å²) >= 11 is 0. The third-order valence-corrected chi connectivity index (χ3v) is 2.04. The Kier molecular flexibility index (Phi) is 2.76. The van der Waals surface area contributed by atoms with E-state index in [1.165, 1.54) is 0 Å². The smallest absolute Gasteiger partial charge is 0.163 e. The average Bonchev–Trinajstić information content (AvgIpc) is 2.41. The Morgan fingerprint density at radius 1 is 1.27 bits per heavy atom. The van der Waals surface area contributed by atoms with Crippen molar-refractivity contribution in [1.29, 1.82) is 0 Å². The van der Waals surface area contributed by atoms with Crippen molar-refractivity contribution >= 4 is 11.5 Å². The Labute approximate surface area is 88.7 Å². The van der Waals surface area contributed by atoms with E-state index in [0.29, 0.717) is 19.0 Å². The highest BCUT2D eigenvalue weighted by Crippen LogP contribution is 2.33. The van der Waals surface area contributed by atoms with Crippen molar-refractivity contribution in [3.05, 3.63) is 18.2 Å². The number of rotatable bonds is 1. The van der Waals surface area contributed by atoms with Crippen molar-refractivity contribution in [2.45, 2.75) is 13.3 Å². The normalized spacial score (nSPS) is 15.9. The van der Waals surface area contributed by atoms with E-state index in [9.17, 15) is 0 Å². The van der Waals surface area contributed by atoms with Crippen LogP contribution in [0, 0.1) is 0 Å². The standard InChI is InChI=1S/C11H14N2O2/c1-8(12)13-9-3-4-10-11(7-9)15-6-2-5-14-10/h3-4,7H,2,5-6H2,1H3,(H2,12,13). The number of hydrogen-bond donors (Lipinski definition) is 1. The maximum atomic E-state index is 5.54. The summed E-state index contributed by atoms with van der Waals surface area (Å²) < 4.78 is 11.0. The molecule has 0 aromatic heterocycles. The molecule has 1 aliphatic rings. The van der Waals surface area contributed by atoms with E-state index < -0.39 is 0 Å². The van der Waals surface area contributed by atoms with Crippen LogP contribution in [0.2, 0.25) is 0 Å². The molecule has 1 aliphatic heterocycles. The molecule has 4 nitrogen and oxygen atoms in total. The zero-order chi connectivity index (χ0) is 10.7. The van der Waals surface area contributed by atoms with Crippen LogP contribution in [0.15, 0.2) is 23.2 Å². The molecule has 0 atom stereocenters. The van der Waals surface area contributed by atoms with Crippen molar-refractivity contribution < 1.29 is 9.47 Å². The summed E-state index contributed by atoms with van der Waals surface area (Å²) in [5, 5.41) is 0.